The average molecular weight is 254 g/mol. The van der Waals surface area contributed by atoms with Crippen molar-refractivity contribution in [3.63, 3.8) is 0 Å². The van der Waals surface area contributed by atoms with E-state index in [-0.39, 0.29) is 11.0 Å². The van der Waals surface area contributed by atoms with Crippen LogP contribution in [0.25, 0.3) is 5.57 Å². The number of rotatable bonds is 2. The topological polar surface area (TPSA) is 9.23 Å². The van der Waals surface area contributed by atoms with E-state index in [1.807, 2.05) is 7.11 Å². The molecule has 0 saturated carbocycles. The molecule has 3 aliphatic carbocycles. The summed E-state index contributed by atoms with van der Waals surface area (Å²) >= 11 is 0. The lowest BCUT2D eigenvalue weighted by atomic mass is 9.59. The molecule has 3 aliphatic rings. The molecule has 0 aromatic heterocycles. The van der Waals surface area contributed by atoms with Crippen molar-refractivity contribution in [1.29, 1.82) is 0 Å². The molecule has 3 unspecified atom stereocenters. The van der Waals surface area contributed by atoms with E-state index in [1.165, 1.54) is 16.7 Å². The Labute approximate surface area is 116 Å². The monoisotopic (exact) mass is 254 g/mol. The van der Waals surface area contributed by atoms with Gasteiger partial charge in [-0.3, -0.25) is 0 Å². The number of aryl methyl sites for hydroxylation is 1. The third kappa shape index (κ3) is 1.88. The molecule has 0 heterocycles. The first-order valence-corrected chi connectivity index (χ1v) is 7.01. The normalized spacial score (nSPS) is 36.4. The molecule has 0 fully saturated rings. The van der Waals surface area contributed by atoms with Crippen LogP contribution in [0.2, 0.25) is 0 Å². The highest BCUT2D eigenvalue weighted by Crippen LogP contribution is 2.54. The average Bonchev–Trinajstić information content (AvgIpc) is 2.39. The maximum Gasteiger partial charge on any atom is 0.0759 e. The predicted octanol–water partition coefficient (Wildman–Crippen LogP) is 4.38. The minimum Gasteiger partial charge on any atom is -0.378 e. The Balaban J connectivity index is 2.06. The minimum absolute atomic E-state index is 0.0578. The van der Waals surface area contributed by atoms with E-state index in [0.717, 1.165) is 6.42 Å². The Morgan fingerprint density at radius 3 is 2.42 bits per heavy atom. The van der Waals surface area contributed by atoms with Gasteiger partial charge in [-0.05, 0) is 31.4 Å². The lowest BCUT2D eigenvalue weighted by Crippen LogP contribution is -2.46. The molecule has 4 rings (SSSR count). The smallest absolute Gasteiger partial charge is 0.0759 e. The molecule has 100 valence electrons. The van der Waals surface area contributed by atoms with Gasteiger partial charge in [0.15, 0.2) is 0 Å². The molecular formula is C18H22O. The molecule has 0 amide bonds. The maximum absolute atomic E-state index is 5.79. The number of methoxy groups -OCH3 is 1. The second kappa shape index (κ2) is 4.08. The van der Waals surface area contributed by atoms with Crippen molar-refractivity contribution >= 4 is 5.57 Å². The minimum atomic E-state index is -0.0578. The van der Waals surface area contributed by atoms with E-state index in [0.29, 0.717) is 5.92 Å². The van der Waals surface area contributed by atoms with Crippen molar-refractivity contribution in [1.82, 2.24) is 0 Å². The van der Waals surface area contributed by atoms with Gasteiger partial charge in [-0.15, -0.1) is 0 Å². The summed E-state index contributed by atoms with van der Waals surface area (Å²) in [6.45, 7) is 6.68. The van der Waals surface area contributed by atoms with Gasteiger partial charge in [-0.2, -0.15) is 0 Å². The molecule has 1 aromatic carbocycles. The quantitative estimate of drug-likeness (QED) is 0.712. The van der Waals surface area contributed by atoms with E-state index in [9.17, 15) is 0 Å². The zero-order chi connectivity index (χ0) is 13.7. The fourth-order valence-corrected chi connectivity index (χ4v) is 3.58. The molecule has 19 heavy (non-hydrogen) atoms. The highest BCUT2D eigenvalue weighted by molar-refractivity contribution is 5.75. The van der Waals surface area contributed by atoms with Gasteiger partial charge in [-0.1, -0.05) is 55.0 Å². The van der Waals surface area contributed by atoms with Gasteiger partial charge in [0, 0.05) is 18.4 Å². The number of hydrogen-bond donors (Lipinski definition) is 0. The van der Waals surface area contributed by atoms with Gasteiger partial charge < -0.3 is 4.74 Å². The first kappa shape index (κ1) is 12.7. The van der Waals surface area contributed by atoms with Crippen LogP contribution in [-0.2, 0) is 4.74 Å². The Kier molecular flexibility index (Phi) is 2.72. The van der Waals surface area contributed by atoms with E-state index >= 15 is 0 Å². The number of allylic oxidation sites excluding steroid dienone is 2. The van der Waals surface area contributed by atoms with E-state index < -0.39 is 0 Å². The molecule has 0 radical (unpaired) electrons. The summed E-state index contributed by atoms with van der Waals surface area (Å²) < 4.78 is 5.79. The third-order valence-corrected chi connectivity index (χ3v) is 4.89. The van der Waals surface area contributed by atoms with Crippen LogP contribution in [0.15, 0.2) is 42.5 Å². The van der Waals surface area contributed by atoms with Crippen LogP contribution in [0, 0.1) is 18.3 Å². The molecule has 0 spiro atoms. The fourth-order valence-electron chi connectivity index (χ4n) is 3.58. The first-order chi connectivity index (χ1) is 8.97. The summed E-state index contributed by atoms with van der Waals surface area (Å²) in [6.07, 6.45) is 8.13. The highest BCUT2D eigenvalue weighted by atomic mass is 16.5. The maximum atomic E-state index is 5.79. The lowest BCUT2D eigenvalue weighted by molar-refractivity contribution is -0.0461. The Morgan fingerprint density at radius 1 is 1.16 bits per heavy atom. The highest BCUT2D eigenvalue weighted by Gasteiger charge is 2.48. The van der Waals surface area contributed by atoms with Crippen LogP contribution < -0.4 is 0 Å². The van der Waals surface area contributed by atoms with Crippen LogP contribution in [0.4, 0.5) is 0 Å². The van der Waals surface area contributed by atoms with Crippen molar-refractivity contribution in [2.24, 2.45) is 11.3 Å². The van der Waals surface area contributed by atoms with Crippen molar-refractivity contribution < 1.29 is 4.74 Å². The van der Waals surface area contributed by atoms with Gasteiger partial charge >= 0.3 is 0 Å². The van der Waals surface area contributed by atoms with E-state index in [2.05, 4.69) is 63.3 Å². The second-order valence-corrected chi connectivity index (χ2v) is 6.44. The second-order valence-electron chi connectivity index (χ2n) is 6.44. The summed E-state index contributed by atoms with van der Waals surface area (Å²) in [5.41, 5.74) is 4.15. The number of hydrogen-bond acceptors (Lipinski definition) is 1. The number of ether oxygens (including phenoxy) is 1. The van der Waals surface area contributed by atoms with Gasteiger partial charge in [0.2, 0.25) is 0 Å². The molecule has 1 nitrogen and oxygen atoms in total. The van der Waals surface area contributed by atoms with Crippen molar-refractivity contribution in [3.8, 4) is 0 Å². The molecule has 0 aliphatic heterocycles. The van der Waals surface area contributed by atoms with Gasteiger partial charge in [0.05, 0.1) is 5.60 Å². The van der Waals surface area contributed by atoms with Gasteiger partial charge in [0.25, 0.3) is 0 Å². The zero-order valence-corrected chi connectivity index (χ0v) is 12.2. The van der Waals surface area contributed by atoms with E-state index in [1.54, 1.807) is 0 Å². The van der Waals surface area contributed by atoms with Crippen LogP contribution in [0.3, 0.4) is 0 Å². The molecule has 1 heteroatoms. The lowest BCUT2D eigenvalue weighted by Gasteiger charge is -2.50. The fraction of sp³-hybridized carbons (Fsp3) is 0.444. The molecule has 0 saturated heterocycles. The summed E-state index contributed by atoms with van der Waals surface area (Å²) in [5, 5.41) is 0. The predicted molar refractivity (Wildman–Crippen MR) is 79.9 cm³/mol. The van der Waals surface area contributed by atoms with E-state index in [4.69, 9.17) is 4.74 Å². The standard InChI is InChI=1S/C18H22O/c1-13-5-7-14(8-6-13)16-11-15-9-10-17(16,2)12-18(15,3)19-4/h5-11,15H,12H2,1-4H3. The van der Waals surface area contributed by atoms with Crippen LogP contribution >= 0.6 is 0 Å². The Bertz CT molecular complexity index is 552. The number of benzene rings is 1. The SMILES string of the molecule is COC1(C)CC2(C)C=CC1C=C2c1ccc(C)cc1. The molecular weight excluding hydrogens is 232 g/mol. The molecule has 1 aromatic rings. The van der Waals surface area contributed by atoms with Gasteiger partial charge in [-0.25, -0.2) is 0 Å². The summed E-state index contributed by atoms with van der Waals surface area (Å²) in [6, 6.07) is 8.87. The first-order valence-electron chi connectivity index (χ1n) is 7.01. The van der Waals surface area contributed by atoms with Crippen LogP contribution in [-0.4, -0.2) is 12.7 Å². The molecule has 0 N–H and O–H groups in total. The summed E-state index contributed by atoms with van der Waals surface area (Å²) in [4.78, 5) is 0. The van der Waals surface area contributed by atoms with Crippen molar-refractivity contribution in [2.45, 2.75) is 32.8 Å². The van der Waals surface area contributed by atoms with Crippen molar-refractivity contribution in [2.75, 3.05) is 7.11 Å². The Hall–Kier alpha value is -1.34. The van der Waals surface area contributed by atoms with Crippen molar-refractivity contribution in [3.05, 3.63) is 53.6 Å². The Morgan fingerprint density at radius 2 is 1.84 bits per heavy atom. The molecule has 2 bridgehead atoms. The molecule has 3 atom stereocenters. The number of fused-ring (bicyclic) bond motifs is 1. The van der Waals surface area contributed by atoms with Crippen LogP contribution in [0.1, 0.15) is 31.4 Å². The summed E-state index contributed by atoms with van der Waals surface area (Å²) in [5.74, 6) is 0.385. The third-order valence-electron chi connectivity index (χ3n) is 4.89. The largest absolute Gasteiger partial charge is 0.378 e. The summed E-state index contributed by atoms with van der Waals surface area (Å²) in [7, 11) is 1.83. The van der Waals surface area contributed by atoms with Gasteiger partial charge in [0.1, 0.15) is 0 Å². The van der Waals surface area contributed by atoms with Crippen LogP contribution in [0.5, 0.6) is 0 Å². The zero-order valence-electron chi connectivity index (χ0n) is 12.2.